The predicted octanol–water partition coefficient (Wildman–Crippen LogP) is -0.243. The Bertz CT molecular complexity index is 367. The average Bonchev–Trinajstić information content (AvgIpc) is 2.28. The number of amides is 3. The summed E-state index contributed by atoms with van der Waals surface area (Å²) in [5.74, 6) is -1.85. The Morgan fingerprint density at radius 2 is 2.00 bits per heavy atom. The molecule has 7 heteroatoms. The molecular formula is C11H19N3O4. The summed E-state index contributed by atoms with van der Waals surface area (Å²) in [5, 5.41) is 11.4. The molecular weight excluding hydrogens is 238 g/mol. The van der Waals surface area contributed by atoms with Gasteiger partial charge in [-0.05, 0) is 26.7 Å². The molecule has 0 saturated carbocycles. The molecule has 1 aliphatic heterocycles. The summed E-state index contributed by atoms with van der Waals surface area (Å²) in [6, 6.07) is -0.551. The van der Waals surface area contributed by atoms with Gasteiger partial charge in [0.15, 0.2) is 0 Å². The highest BCUT2D eigenvalue weighted by Crippen LogP contribution is 2.17. The SMILES string of the molecule is CC(C)(NC(=O)C1CCCN(C(N)=O)C1)C(=O)O. The molecule has 0 spiro atoms. The molecule has 3 amide bonds. The largest absolute Gasteiger partial charge is 0.480 e. The van der Waals surface area contributed by atoms with Crippen LogP contribution in [0.15, 0.2) is 0 Å². The van der Waals surface area contributed by atoms with Crippen molar-refractivity contribution in [1.82, 2.24) is 10.2 Å². The minimum atomic E-state index is -1.31. The van der Waals surface area contributed by atoms with Crippen LogP contribution in [-0.2, 0) is 9.59 Å². The summed E-state index contributed by atoms with van der Waals surface area (Å²) in [6.07, 6.45) is 1.32. The van der Waals surface area contributed by atoms with Crippen LogP contribution in [-0.4, -0.2) is 46.5 Å². The van der Waals surface area contributed by atoms with E-state index in [2.05, 4.69) is 5.32 Å². The number of piperidine rings is 1. The van der Waals surface area contributed by atoms with Gasteiger partial charge in [-0.3, -0.25) is 4.79 Å². The number of rotatable bonds is 3. The molecule has 102 valence electrons. The zero-order chi connectivity index (χ0) is 13.9. The van der Waals surface area contributed by atoms with E-state index < -0.39 is 23.5 Å². The highest BCUT2D eigenvalue weighted by atomic mass is 16.4. The topological polar surface area (TPSA) is 113 Å². The number of carboxylic acid groups (broad SMARTS) is 1. The maximum Gasteiger partial charge on any atom is 0.328 e. The third-order valence-corrected chi connectivity index (χ3v) is 3.07. The summed E-state index contributed by atoms with van der Waals surface area (Å²) < 4.78 is 0. The molecule has 1 unspecified atom stereocenters. The van der Waals surface area contributed by atoms with Gasteiger partial charge in [-0.25, -0.2) is 9.59 Å². The molecule has 0 aromatic rings. The molecule has 1 fully saturated rings. The van der Waals surface area contributed by atoms with Crippen LogP contribution in [0.5, 0.6) is 0 Å². The summed E-state index contributed by atoms with van der Waals surface area (Å²) in [7, 11) is 0. The maximum absolute atomic E-state index is 11.9. The van der Waals surface area contributed by atoms with E-state index in [9.17, 15) is 14.4 Å². The van der Waals surface area contributed by atoms with Crippen LogP contribution in [0.2, 0.25) is 0 Å². The van der Waals surface area contributed by atoms with Crippen LogP contribution < -0.4 is 11.1 Å². The van der Waals surface area contributed by atoms with E-state index in [1.165, 1.54) is 18.7 Å². The van der Waals surface area contributed by atoms with Gasteiger partial charge in [-0.15, -0.1) is 0 Å². The number of nitrogens with two attached hydrogens (primary N) is 1. The fraction of sp³-hybridized carbons (Fsp3) is 0.727. The standard InChI is InChI=1S/C11H19N3O4/c1-11(2,9(16)17)13-8(15)7-4-3-5-14(6-7)10(12)18/h7H,3-6H2,1-2H3,(H2,12,18)(H,13,15)(H,16,17). The lowest BCUT2D eigenvalue weighted by atomic mass is 9.95. The number of carboxylic acids is 1. The lowest BCUT2D eigenvalue weighted by molar-refractivity contribution is -0.147. The van der Waals surface area contributed by atoms with Crippen LogP contribution in [0.25, 0.3) is 0 Å². The molecule has 1 rings (SSSR count). The number of hydrogen-bond donors (Lipinski definition) is 3. The Kier molecular flexibility index (Phi) is 4.15. The van der Waals surface area contributed by atoms with Crippen molar-refractivity contribution in [2.75, 3.05) is 13.1 Å². The number of likely N-dealkylation sites (tertiary alicyclic amines) is 1. The Morgan fingerprint density at radius 1 is 1.39 bits per heavy atom. The van der Waals surface area contributed by atoms with Gasteiger partial charge in [0.25, 0.3) is 0 Å². The molecule has 4 N–H and O–H groups in total. The Morgan fingerprint density at radius 3 is 2.50 bits per heavy atom. The summed E-state index contributed by atoms with van der Waals surface area (Å²) >= 11 is 0. The first kappa shape index (κ1) is 14.3. The number of carbonyl (C=O) groups excluding carboxylic acids is 2. The zero-order valence-electron chi connectivity index (χ0n) is 10.6. The molecule has 1 aliphatic rings. The first-order valence-corrected chi connectivity index (χ1v) is 5.84. The first-order chi connectivity index (χ1) is 8.24. The third-order valence-electron chi connectivity index (χ3n) is 3.07. The number of urea groups is 1. The second kappa shape index (κ2) is 5.24. The minimum absolute atomic E-state index is 0.247. The summed E-state index contributed by atoms with van der Waals surface area (Å²) in [4.78, 5) is 35.3. The molecule has 1 heterocycles. The average molecular weight is 257 g/mol. The highest BCUT2D eigenvalue weighted by molar-refractivity contribution is 5.87. The summed E-state index contributed by atoms with van der Waals surface area (Å²) in [6.45, 7) is 3.63. The fourth-order valence-electron chi connectivity index (χ4n) is 1.85. The van der Waals surface area contributed by atoms with Crippen molar-refractivity contribution >= 4 is 17.9 Å². The van der Waals surface area contributed by atoms with Crippen molar-refractivity contribution in [3.63, 3.8) is 0 Å². The molecule has 1 saturated heterocycles. The maximum atomic E-state index is 11.9. The lowest BCUT2D eigenvalue weighted by Crippen LogP contribution is -2.54. The van der Waals surface area contributed by atoms with Gasteiger partial charge < -0.3 is 21.1 Å². The molecule has 0 aliphatic carbocycles. The number of carbonyl (C=O) groups is 3. The van der Waals surface area contributed by atoms with Crippen molar-refractivity contribution in [1.29, 1.82) is 0 Å². The number of hydrogen-bond acceptors (Lipinski definition) is 3. The van der Waals surface area contributed by atoms with Crippen molar-refractivity contribution in [3.8, 4) is 0 Å². The van der Waals surface area contributed by atoms with E-state index in [0.717, 1.165) is 0 Å². The molecule has 0 aromatic heterocycles. The highest BCUT2D eigenvalue weighted by Gasteiger charge is 2.34. The van der Waals surface area contributed by atoms with E-state index in [-0.39, 0.29) is 12.5 Å². The first-order valence-electron chi connectivity index (χ1n) is 5.84. The Hall–Kier alpha value is -1.79. The van der Waals surface area contributed by atoms with Crippen molar-refractivity contribution in [3.05, 3.63) is 0 Å². The molecule has 1 atom stereocenters. The second-order valence-corrected chi connectivity index (χ2v) is 5.04. The molecule has 7 nitrogen and oxygen atoms in total. The van der Waals surface area contributed by atoms with Crippen LogP contribution in [0.1, 0.15) is 26.7 Å². The van der Waals surface area contributed by atoms with E-state index in [4.69, 9.17) is 10.8 Å². The van der Waals surface area contributed by atoms with E-state index in [1.807, 2.05) is 0 Å². The molecule has 0 aromatic carbocycles. The monoisotopic (exact) mass is 257 g/mol. The van der Waals surface area contributed by atoms with Crippen molar-refractivity contribution in [2.45, 2.75) is 32.2 Å². The van der Waals surface area contributed by atoms with Crippen molar-refractivity contribution < 1.29 is 19.5 Å². The van der Waals surface area contributed by atoms with Crippen LogP contribution in [0.3, 0.4) is 0 Å². The molecule has 18 heavy (non-hydrogen) atoms. The van der Waals surface area contributed by atoms with Crippen LogP contribution >= 0.6 is 0 Å². The second-order valence-electron chi connectivity index (χ2n) is 5.04. The normalized spacial score (nSPS) is 20.3. The zero-order valence-corrected chi connectivity index (χ0v) is 10.6. The lowest BCUT2D eigenvalue weighted by Gasteiger charge is -2.32. The number of nitrogens with zero attached hydrogens (tertiary/aromatic N) is 1. The molecule has 0 bridgehead atoms. The number of primary amides is 1. The fourth-order valence-corrected chi connectivity index (χ4v) is 1.85. The van der Waals surface area contributed by atoms with Gasteiger partial charge in [0.1, 0.15) is 5.54 Å². The Labute approximate surface area is 105 Å². The van der Waals surface area contributed by atoms with Crippen LogP contribution in [0.4, 0.5) is 4.79 Å². The van der Waals surface area contributed by atoms with Crippen molar-refractivity contribution in [2.24, 2.45) is 11.7 Å². The Balaban J connectivity index is 2.62. The van der Waals surface area contributed by atoms with E-state index in [0.29, 0.717) is 19.4 Å². The van der Waals surface area contributed by atoms with Gasteiger partial charge in [0, 0.05) is 13.1 Å². The van der Waals surface area contributed by atoms with Gasteiger partial charge >= 0.3 is 12.0 Å². The van der Waals surface area contributed by atoms with Gasteiger partial charge in [0.2, 0.25) is 5.91 Å². The van der Waals surface area contributed by atoms with Gasteiger partial charge in [-0.1, -0.05) is 0 Å². The van der Waals surface area contributed by atoms with E-state index in [1.54, 1.807) is 0 Å². The smallest absolute Gasteiger partial charge is 0.328 e. The molecule has 0 radical (unpaired) electrons. The van der Waals surface area contributed by atoms with E-state index >= 15 is 0 Å². The van der Waals surface area contributed by atoms with Gasteiger partial charge in [0.05, 0.1) is 5.92 Å². The third kappa shape index (κ3) is 3.35. The number of nitrogens with one attached hydrogen (secondary N) is 1. The minimum Gasteiger partial charge on any atom is -0.480 e. The summed E-state index contributed by atoms with van der Waals surface area (Å²) in [5.41, 5.74) is 3.85. The predicted molar refractivity (Wildman–Crippen MR) is 63.7 cm³/mol. The quantitative estimate of drug-likeness (QED) is 0.647. The van der Waals surface area contributed by atoms with Crippen LogP contribution in [0, 0.1) is 5.92 Å². The van der Waals surface area contributed by atoms with Gasteiger partial charge in [-0.2, -0.15) is 0 Å². The number of aliphatic carboxylic acids is 1.